The Morgan fingerprint density at radius 1 is 1.60 bits per heavy atom. The SMILES string of the molecule is C[C@H](N)C(=O)N[C@H]1CO[C@H](O)[C@@H](N)[C@H]1O. The van der Waals surface area contributed by atoms with Crippen LogP contribution in [-0.4, -0.2) is 53.2 Å². The van der Waals surface area contributed by atoms with Gasteiger partial charge in [-0.1, -0.05) is 0 Å². The molecule has 7 heteroatoms. The fourth-order valence-corrected chi connectivity index (χ4v) is 1.29. The molecule has 0 radical (unpaired) electrons. The molecule has 1 rings (SSSR count). The van der Waals surface area contributed by atoms with Crippen LogP contribution in [0.1, 0.15) is 6.92 Å². The quantitative estimate of drug-likeness (QED) is 0.333. The Labute approximate surface area is 87.4 Å². The Balaban J connectivity index is 2.53. The van der Waals surface area contributed by atoms with Crippen LogP contribution in [0, 0.1) is 0 Å². The molecule has 1 amide bonds. The number of amides is 1. The maximum atomic E-state index is 11.2. The van der Waals surface area contributed by atoms with E-state index in [1.54, 1.807) is 0 Å². The van der Waals surface area contributed by atoms with Crippen LogP contribution in [-0.2, 0) is 9.53 Å². The van der Waals surface area contributed by atoms with Gasteiger partial charge >= 0.3 is 0 Å². The third kappa shape index (κ3) is 2.86. The van der Waals surface area contributed by atoms with Gasteiger partial charge in [-0.25, -0.2) is 0 Å². The smallest absolute Gasteiger partial charge is 0.237 e. The number of carbonyl (C=O) groups is 1. The largest absolute Gasteiger partial charge is 0.389 e. The van der Waals surface area contributed by atoms with Gasteiger partial charge in [0.1, 0.15) is 0 Å². The van der Waals surface area contributed by atoms with Gasteiger partial charge in [-0.15, -0.1) is 0 Å². The topological polar surface area (TPSA) is 131 Å². The molecule has 0 saturated carbocycles. The van der Waals surface area contributed by atoms with Gasteiger partial charge in [0, 0.05) is 0 Å². The zero-order valence-corrected chi connectivity index (χ0v) is 8.46. The second kappa shape index (κ2) is 4.86. The molecule has 7 nitrogen and oxygen atoms in total. The molecule has 0 aromatic rings. The molecule has 1 aliphatic heterocycles. The standard InChI is InChI=1S/C8H17N3O4/c1-3(9)7(13)11-4-2-15-8(14)5(10)6(4)12/h3-6,8,12,14H,2,9-10H2,1H3,(H,11,13)/t3-,4-,5-,6-,8-/m0/s1. The molecular weight excluding hydrogens is 202 g/mol. The number of hydrogen-bond acceptors (Lipinski definition) is 6. The van der Waals surface area contributed by atoms with Gasteiger partial charge in [-0.3, -0.25) is 4.79 Å². The highest BCUT2D eigenvalue weighted by Crippen LogP contribution is 2.11. The highest BCUT2D eigenvalue weighted by molar-refractivity contribution is 5.81. The van der Waals surface area contributed by atoms with E-state index in [2.05, 4.69) is 5.32 Å². The van der Waals surface area contributed by atoms with Crippen molar-refractivity contribution in [1.82, 2.24) is 5.32 Å². The van der Waals surface area contributed by atoms with Gasteiger partial charge in [0.2, 0.25) is 5.91 Å². The lowest BCUT2D eigenvalue weighted by Crippen LogP contribution is -2.63. The van der Waals surface area contributed by atoms with Crippen LogP contribution in [0.25, 0.3) is 0 Å². The molecule has 0 bridgehead atoms. The molecule has 15 heavy (non-hydrogen) atoms. The van der Waals surface area contributed by atoms with Crippen molar-refractivity contribution in [1.29, 1.82) is 0 Å². The van der Waals surface area contributed by atoms with Crippen molar-refractivity contribution in [3.05, 3.63) is 0 Å². The lowest BCUT2D eigenvalue weighted by Gasteiger charge is -2.36. The van der Waals surface area contributed by atoms with Crippen molar-refractivity contribution in [2.45, 2.75) is 37.4 Å². The van der Waals surface area contributed by atoms with E-state index in [1.165, 1.54) is 6.92 Å². The number of aliphatic hydroxyl groups excluding tert-OH is 2. The molecule has 7 N–H and O–H groups in total. The normalized spacial score (nSPS) is 38.5. The summed E-state index contributed by atoms with van der Waals surface area (Å²) in [6.45, 7) is 1.54. The lowest BCUT2D eigenvalue weighted by molar-refractivity contribution is -0.178. The maximum absolute atomic E-state index is 11.2. The van der Waals surface area contributed by atoms with Crippen LogP contribution in [0.5, 0.6) is 0 Å². The Morgan fingerprint density at radius 3 is 2.73 bits per heavy atom. The third-order valence-corrected chi connectivity index (χ3v) is 2.32. The highest BCUT2D eigenvalue weighted by atomic mass is 16.6. The Kier molecular flexibility index (Phi) is 4.00. The fourth-order valence-electron chi connectivity index (χ4n) is 1.29. The van der Waals surface area contributed by atoms with E-state index in [0.29, 0.717) is 0 Å². The van der Waals surface area contributed by atoms with Crippen molar-refractivity contribution in [2.75, 3.05) is 6.61 Å². The fraction of sp³-hybridized carbons (Fsp3) is 0.875. The monoisotopic (exact) mass is 219 g/mol. The molecule has 1 saturated heterocycles. The first kappa shape index (κ1) is 12.3. The molecule has 88 valence electrons. The molecule has 1 aliphatic rings. The summed E-state index contributed by atoms with van der Waals surface area (Å²) in [7, 11) is 0. The molecule has 0 unspecified atom stereocenters. The van der Waals surface area contributed by atoms with Gasteiger partial charge in [-0.2, -0.15) is 0 Å². The summed E-state index contributed by atoms with van der Waals surface area (Å²) in [5.74, 6) is -0.397. The molecule has 0 aliphatic carbocycles. The minimum absolute atomic E-state index is 0.00843. The van der Waals surface area contributed by atoms with Gasteiger partial charge in [-0.05, 0) is 6.92 Å². The summed E-state index contributed by atoms with van der Waals surface area (Å²) >= 11 is 0. The third-order valence-electron chi connectivity index (χ3n) is 2.32. The Hall–Kier alpha value is -0.730. The van der Waals surface area contributed by atoms with Crippen LogP contribution >= 0.6 is 0 Å². The number of rotatable bonds is 2. The summed E-state index contributed by atoms with van der Waals surface area (Å²) in [5, 5.41) is 21.3. The lowest BCUT2D eigenvalue weighted by atomic mass is 10.0. The zero-order chi connectivity index (χ0) is 11.6. The van der Waals surface area contributed by atoms with E-state index >= 15 is 0 Å². The van der Waals surface area contributed by atoms with Crippen molar-refractivity contribution in [2.24, 2.45) is 11.5 Å². The number of carbonyl (C=O) groups excluding carboxylic acids is 1. The second-order valence-corrected chi connectivity index (χ2v) is 3.70. The predicted octanol–water partition coefficient (Wildman–Crippen LogP) is -3.14. The van der Waals surface area contributed by atoms with E-state index in [1.807, 2.05) is 0 Å². The van der Waals surface area contributed by atoms with Crippen LogP contribution in [0.2, 0.25) is 0 Å². The Morgan fingerprint density at radius 2 is 2.20 bits per heavy atom. The van der Waals surface area contributed by atoms with E-state index in [4.69, 9.17) is 21.3 Å². The number of ether oxygens (including phenoxy) is 1. The minimum Gasteiger partial charge on any atom is -0.389 e. The molecule has 1 fully saturated rings. The average molecular weight is 219 g/mol. The molecular formula is C8H17N3O4. The molecule has 0 aromatic carbocycles. The average Bonchev–Trinajstić information content (AvgIpc) is 2.18. The van der Waals surface area contributed by atoms with Crippen LogP contribution in [0.4, 0.5) is 0 Å². The van der Waals surface area contributed by atoms with Gasteiger partial charge in [0.05, 0.1) is 30.8 Å². The molecule has 1 heterocycles. The summed E-state index contributed by atoms with van der Waals surface area (Å²) < 4.78 is 4.87. The van der Waals surface area contributed by atoms with Crippen LogP contribution < -0.4 is 16.8 Å². The number of hydrogen-bond donors (Lipinski definition) is 5. The maximum Gasteiger partial charge on any atom is 0.237 e. The molecule has 5 atom stereocenters. The first-order valence-corrected chi connectivity index (χ1v) is 4.72. The van der Waals surface area contributed by atoms with Crippen LogP contribution in [0.3, 0.4) is 0 Å². The van der Waals surface area contributed by atoms with Crippen molar-refractivity contribution < 1.29 is 19.7 Å². The van der Waals surface area contributed by atoms with E-state index in [0.717, 1.165) is 0 Å². The predicted molar refractivity (Wildman–Crippen MR) is 51.5 cm³/mol. The summed E-state index contributed by atoms with van der Waals surface area (Å²) in [6, 6.07) is -2.24. The van der Waals surface area contributed by atoms with Gasteiger partial charge in [0.15, 0.2) is 6.29 Å². The Bertz CT molecular complexity index is 236. The zero-order valence-electron chi connectivity index (χ0n) is 8.46. The van der Waals surface area contributed by atoms with E-state index in [9.17, 15) is 9.90 Å². The minimum atomic E-state index is -1.21. The highest BCUT2D eigenvalue weighted by Gasteiger charge is 2.37. The van der Waals surface area contributed by atoms with Crippen molar-refractivity contribution in [3.63, 3.8) is 0 Å². The van der Waals surface area contributed by atoms with Gasteiger partial charge in [0.25, 0.3) is 0 Å². The van der Waals surface area contributed by atoms with E-state index in [-0.39, 0.29) is 6.61 Å². The first-order chi connectivity index (χ1) is 6.93. The summed E-state index contributed by atoms with van der Waals surface area (Å²) in [6.07, 6.45) is -2.25. The van der Waals surface area contributed by atoms with Crippen molar-refractivity contribution >= 4 is 5.91 Å². The molecule has 0 aromatic heterocycles. The van der Waals surface area contributed by atoms with Crippen LogP contribution in [0.15, 0.2) is 0 Å². The first-order valence-electron chi connectivity index (χ1n) is 4.72. The van der Waals surface area contributed by atoms with E-state index < -0.39 is 36.4 Å². The summed E-state index contributed by atoms with van der Waals surface area (Å²) in [5.41, 5.74) is 10.8. The summed E-state index contributed by atoms with van der Waals surface area (Å²) in [4.78, 5) is 11.2. The molecule has 0 spiro atoms. The van der Waals surface area contributed by atoms with Crippen molar-refractivity contribution in [3.8, 4) is 0 Å². The number of aliphatic hydroxyl groups is 2. The van der Waals surface area contributed by atoms with Gasteiger partial charge < -0.3 is 31.7 Å². The second-order valence-electron chi connectivity index (χ2n) is 3.70. The number of nitrogens with two attached hydrogens (primary N) is 2. The number of nitrogens with one attached hydrogen (secondary N) is 1.